The van der Waals surface area contributed by atoms with Crippen LogP contribution in [0.2, 0.25) is 0 Å². The summed E-state index contributed by atoms with van der Waals surface area (Å²) in [5.41, 5.74) is 5.04. The third-order valence-electron chi connectivity index (χ3n) is 4.64. The number of rotatable bonds is 6. The van der Waals surface area contributed by atoms with Gasteiger partial charge in [0.25, 0.3) is 0 Å². The number of nitrogens with two attached hydrogens (primary N) is 1. The lowest BCUT2D eigenvalue weighted by atomic mass is 9.92. The number of aromatic nitrogens is 3. The highest BCUT2D eigenvalue weighted by Gasteiger charge is 2.28. The highest BCUT2D eigenvalue weighted by atomic mass is 32.2. The van der Waals surface area contributed by atoms with E-state index in [1.165, 1.54) is 18.2 Å². The van der Waals surface area contributed by atoms with E-state index in [1.807, 2.05) is 16.7 Å². The van der Waals surface area contributed by atoms with Crippen LogP contribution in [0.4, 0.5) is 10.7 Å². The van der Waals surface area contributed by atoms with Gasteiger partial charge in [0.05, 0.1) is 18.1 Å². The smallest absolute Gasteiger partial charge is 0.318 e. The number of furan rings is 1. The molecule has 3 heterocycles. The third-order valence-corrected chi connectivity index (χ3v) is 5.72. The standard InChI is InChI=1S/C18H26N6O3S/c1-11-7-12(2)9-23(8-11)17-21-22-18(24(17)10-14-5-4-6-27-14)28-13(3)15(25)20-16(19)26/h4-6,11-13H,7-10H2,1-3H3,(H3,19,20,25,26). The number of piperidine rings is 1. The molecule has 2 aromatic heterocycles. The molecule has 10 heteroatoms. The van der Waals surface area contributed by atoms with Crippen molar-refractivity contribution in [1.29, 1.82) is 0 Å². The Balaban J connectivity index is 1.86. The van der Waals surface area contributed by atoms with E-state index in [0.29, 0.717) is 23.5 Å². The highest BCUT2D eigenvalue weighted by Crippen LogP contribution is 2.30. The van der Waals surface area contributed by atoms with Crippen LogP contribution in [0.3, 0.4) is 0 Å². The first-order valence-corrected chi connectivity index (χ1v) is 10.2. The van der Waals surface area contributed by atoms with E-state index in [1.54, 1.807) is 13.2 Å². The molecular formula is C18H26N6O3S. The monoisotopic (exact) mass is 406 g/mol. The number of primary amides is 1. The summed E-state index contributed by atoms with van der Waals surface area (Å²) in [5.74, 6) is 2.20. The average Bonchev–Trinajstić information content (AvgIpc) is 3.24. The summed E-state index contributed by atoms with van der Waals surface area (Å²) in [5, 5.41) is 10.9. The fourth-order valence-corrected chi connectivity index (χ4v) is 4.40. The molecule has 9 nitrogen and oxygen atoms in total. The number of carbonyl (C=O) groups is 2. The quantitative estimate of drug-likeness (QED) is 0.705. The Morgan fingerprint density at radius 2 is 2.07 bits per heavy atom. The van der Waals surface area contributed by atoms with Crippen LogP contribution in [-0.4, -0.2) is 45.0 Å². The number of amides is 3. The Labute approximate surface area is 168 Å². The summed E-state index contributed by atoms with van der Waals surface area (Å²) < 4.78 is 7.47. The van der Waals surface area contributed by atoms with Crippen molar-refractivity contribution in [2.24, 2.45) is 17.6 Å². The lowest BCUT2D eigenvalue weighted by Gasteiger charge is -2.35. The minimum Gasteiger partial charge on any atom is -0.467 e. The molecule has 3 unspecified atom stereocenters. The van der Waals surface area contributed by atoms with Crippen LogP contribution < -0.4 is 16.0 Å². The number of thioether (sulfide) groups is 1. The molecule has 28 heavy (non-hydrogen) atoms. The number of hydrogen-bond donors (Lipinski definition) is 2. The fourth-order valence-electron chi connectivity index (χ4n) is 3.56. The summed E-state index contributed by atoms with van der Waals surface area (Å²) in [6, 6.07) is 2.86. The second-order valence-corrected chi connectivity index (χ2v) is 8.72. The predicted octanol–water partition coefficient (Wildman–Crippen LogP) is 2.08. The molecule has 3 N–H and O–H groups in total. The zero-order valence-corrected chi connectivity index (χ0v) is 17.1. The van der Waals surface area contributed by atoms with Gasteiger partial charge in [-0.15, -0.1) is 10.2 Å². The summed E-state index contributed by atoms with van der Waals surface area (Å²) in [6.45, 7) is 8.44. The van der Waals surface area contributed by atoms with Gasteiger partial charge in [0.15, 0.2) is 5.16 Å². The maximum absolute atomic E-state index is 12.1. The molecule has 3 atom stereocenters. The number of nitrogens with zero attached hydrogens (tertiary/aromatic N) is 4. The van der Waals surface area contributed by atoms with Crippen LogP contribution in [0.1, 0.15) is 33.0 Å². The number of anilines is 1. The minimum atomic E-state index is -0.869. The number of carbonyl (C=O) groups excluding carboxylic acids is 2. The van der Waals surface area contributed by atoms with Crippen molar-refractivity contribution in [1.82, 2.24) is 20.1 Å². The lowest BCUT2D eigenvalue weighted by Crippen LogP contribution is -2.40. The van der Waals surface area contributed by atoms with Crippen LogP contribution in [0.5, 0.6) is 0 Å². The van der Waals surface area contributed by atoms with E-state index in [-0.39, 0.29) is 0 Å². The number of nitrogens with one attached hydrogen (secondary N) is 1. The van der Waals surface area contributed by atoms with Gasteiger partial charge in [-0.05, 0) is 37.3 Å². The summed E-state index contributed by atoms with van der Waals surface area (Å²) >= 11 is 1.23. The Bertz CT molecular complexity index is 811. The zero-order valence-electron chi connectivity index (χ0n) is 16.3. The van der Waals surface area contributed by atoms with Gasteiger partial charge >= 0.3 is 6.03 Å². The summed E-state index contributed by atoms with van der Waals surface area (Å²) in [6.07, 6.45) is 2.81. The van der Waals surface area contributed by atoms with Crippen LogP contribution in [-0.2, 0) is 11.3 Å². The van der Waals surface area contributed by atoms with Crippen LogP contribution in [0.15, 0.2) is 28.0 Å². The lowest BCUT2D eigenvalue weighted by molar-refractivity contribution is -0.119. The van der Waals surface area contributed by atoms with Gasteiger partial charge in [-0.3, -0.25) is 14.7 Å². The molecule has 3 rings (SSSR count). The number of urea groups is 1. The molecule has 0 aromatic carbocycles. The summed E-state index contributed by atoms with van der Waals surface area (Å²) in [7, 11) is 0. The Morgan fingerprint density at radius 3 is 2.68 bits per heavy atom. The molecule has 0 radical (unpaired) electrons. The predicted molar refractivity (Wildman–Crippen MR) is 106 cm³/mol. The van der Waals surface area contributed by atoms with Crippen molar-refractivity contribution in [3.63, 3.8) is 0 Å². The molecular weight excluding hydrogens is 380 g/mol. The first kappa shape index (κ1) is 20.2. The molecule has 0 spiro atoms. The van der Waals surface area contributed by atoms with Gasteiger partial charge in [0.1, 0.15) is 5.76 Å². The fraction of sp³-hybridized carbons (Fsp3) is 0.556. The normalized spacial score (nSPS) is 20.8. The molecule has 2 aromatic rings. The maximum atomic E-state index is 12.1. The van der Waals surface area contributed by atoms with E-state index in [2.05, 4.69) is 34.3 Å². The molecule has 0 saturated carbocycles. The van der Waals surface area contributed by atoms with Crippen molar-refractivity contribution >= 4 is 29.6 Å². The Morgan fingerprint density at radius 1 is 1.36 bits per heavy atom. The molecule has 0 aliphatic carbocycles. The largest absolute Gasteiger partial charge is 0.467 e. The number of hydrogen-bond acceptors (Lipinski definition) is 7. The molecule has 1 saturated heterocycles. The van der Waals surface area contributed by atoms with Crippen LogP contribution >= 0.6 is 11.8 Å². The van der Waals surface area contributed by atoms with Crippen molar-refractivity contribution in [3.05, 3.63) is 24.2 Å². The molecule has 3 amide bonds. The van der Waals surface area contributed by atoms with Crippen molar-refractivity contribution in [3.8, 4) is 0 Å². The molecule has 1 aliphatic rings. The SMILES string of the molecule is CC1CC(C)CN(c2nnc(SC(C)C(=O)NC(N)=O)n2Cc2ccco2)C1. The van der Waals surface area contributed by atoms with Crippen molar-refractivity contribution in [2.75, 3.05) is 18.0 Å². The molecule has 1 fully saturated rings. The van der Waals surface area contributed by atoms with Gasteiger partial charge < -0.3 is 15.1 Å². The highest BCUT2D eigenvalue weighted by molar-refractivity contribution is 8.00. The second kappa shape index (κ2) is 8.68. The van der Waals surface area contributed by atoms with Crippen LogP contribution in [0.25, 0.3) is 0 Å². The van der Waals surface area contributed by atoms with E-state index in [4.69, 9.17) is 10.2 Å². The van der Waals surface area contributed by atoms with Gasteiger partial charge in [-0.2, -0.15) is 0 Å². The Kier molecular flexibility index (Phi) is 6.28. The molecule has 152 valence electrons. The van der Waals surface area contributed by atoms with E-state index in [9.17, 15) is 9.59 Å². The minimum absolute atomic E-state index is 0.459. The van der Waals surface area contributed by atoms with Crippen molar-refractivity contribution in [2.45, 2.75) is 44.1 Å². The first-order valence-electron chi connectivity index (χ1n) is 9.31. The average molecular weight is 407 g/mol. The molecule has 0 bridgehead atoms. The second-order valence-electron chi connectivity index (χ2n) is 7.41. The summed E-state index contributed by atoms with van der Waals surface area (Å²) in [4.78, 5) is 25.3. The van der Waals surface area contributed by atoms with Gasteiger partial charge in [0, 0.05) is 13.1 Å². The third kappa shape index (κ3) is 4.86. The van der Waals surface area contributed by atoms with Gasteiger partial charge in [-0.25, -0.2) is 4.79 Å². The van der Waals surface area contributed by atoms with Gasteiger partial charge in [0.2, 0.25) is 11.9 Å². The Hall–Kier alpha value is -2.49. The van der Waals surface area contributed by atoms with E-state index >= 15 is 0 Å². The molecule has 1 aliphatic heterocycles. The number of imide groups is 1. The maximum Gasteiger partial charge on any atom is 0.318 e. The zero-order chi connectivity index (χ0) is 20.3. The van der Waals surface area contributed by atoms with Crippen LogP contribution in [0, 0.1) is 11.8 Å². The van der Waals surface area contributed by atoms with Gasteiger partial charge in [-0.1, -0.05) is 25.6 Å². The van der Waals surface area contributed by atoms with E-state index < -0.39 is 17.2 Å². The van der Waals surface area contributed by atoms with E-state index in [0.717, 1.165) is 24.8 Å². The first-order chi connectivity index (χ1) is 13.3. The topological polar surface area (TPSA) is 119 Å². The van der Waals surface area contributed by atoms with Crippen molar-refractivity contribution < 1.29 is 14.0 Å².